The van der Waals surface area contributed by atoms with E-state index in [0.717, 1.165) is 18.4 Å². The molecule has 0 bridgehead atoms. The van der Waals surface area contributed by atoms with Crippen LogP contribution >= 0.6 is 0 Å². The first-order valence-electron chi connectivity index (χ1n) is 6.16. The largest absolute Gasteiger partial charge is 0.463 e. The first-order valence-corrected chi connectivity index (χ1v) is 6.16. The molecule has 0 saturated heterocycles. The normalized spacial score (nSPS) is 18.9. The van der Waals surface area contributed by atoms with Gasteiger partial charge < -0.3 is 4.74 Å². The van der Waals surface area contributed by atoms with Gasteiger partial charge in [0.2, 0.25) is 0 Å². The summed E-state index contributed by atoms with van der Waals surface area (Å²) < 4.78 is 5.09. The minimum atomic E-state index is -0.157. The summed E-state index contributed by atoms with van der Waals surface area (Å²) >= 11 is 0. The SMILES string of the molecule is CCOC(=O)C1=CCCC1c1ccc(C)cc1. The predicted octanol–water partition coefficient (Wildman–Crippen LogP) is 3.36. The highest BCUT2D eigenvalue weighted by molar-refractivity contribution is 5.90. The van der Waals surface area contributed by atoms with Crippen LogP contribution in [0.25, 0.3) is 0 Å². The van der Waals surface area contributed by atoms with Gasteiger partial charge in [0.25, 0.3) is 0 Å². The molecule has 90 valence electrons. The van der Waals surface area contributed by atoms with Gasteiger partial charge in [0.05, 0.1) is 6.61 Å². The summed E-state index contributed by atoms with van der Waals surface area (Å²) in [6.07, 6.45) is 3.99. The summed E-state index contributed by atoms with van der Waals surface area (Å²) in [5, 5.41) is 0. The molecular formula is C15H18O2. The van der Waals surface area contributed by atoms with E-state index in [2.05, 4.69) is 31.2 Å². The van der Waals surface area contributed by atoms with Crippen molar-refractivity contribution in [3.05, 3.63) is 47.0 Å². The Morgan fingerprint density at radius 1 is 1.35 bits per heavy atom. The Morgan fingerprint density at radius 2 is 2.06 bits per heavy atom. The summed E-state index contributed by atoms with van der Waals surface area (Å²) in [4.78, 5) is 11.8. The topological polar surface area (TPSA) is 26.3 Å². The molecule has 0 saturated carbocycles. The van der Waals surface area contributed by atoms with Gasteiger partial charge in [-0.15, -0.1) is 0 Å². The maximum atomic E-state index is 11.8. The second-order valence-corrected chi connectivity index (χ2v) is 4.42. The Kier molecular flexibility index (Phi) is 3.62. The van der Waals surface area contributed by atoms with E-state index in [9.17, 15) is 4.79 Å². The Bertz CT molecular complexity index is 429. The number of hydrogen-bond donors (Lipinski definition) is 0. The van der Waals surface area contributed by atoms with Crippen LogP contribution in [-0.2, 0) is 9.53 Å². The van der Waals surface area contributed by atoms with Crippen molar-refractivity contribution < 1.29 is 9.53 Å². The van der Waals surface area contributed by atoms with Crippen LogP contribution in [0.2, 0.25) is 0 Å². The van der Waals surface area contributed by atoms with Crippen molar-refractivity contribution in [3.8, 4) is 0 Å². The van der Waals surface area contributed by atoms with E-state index in [1.165, 1.54) is 11.1 Å². The molecule has 0 heterocycles. The molecule has 1 aromatic rings. The van der Waals surface area contributed by atoms with Crippen molar-refractivity contribution in [2.75, 3.05) is 6.61 Å². The number of hydrogen-bond acceptors (Lipinski definition) is 2. The van der Waals surface area contributed by atoms with Gasteiger partial charge in [-0.2, -0.15) is 0 Å². The predicted molar refractivity (Wildman–Crippen MR) is 67.9 cm³/mol. The molecule has 2 heteroatoms. The third kappa shape index (κ3) is 2.57. The van der Waals surface area contributed by atoms with E-state index in [1.807, 2.05) is 13.0 Å². The molecule has 1 aromatic carbocycles. The van der Waals surface area contributed by atoms with Crippen LogP contribution in [0.15, 0.2) is 35.9 Å². The molecule has 1 atom stereocenters. The molecule has 1 aliphatic rings. The van der Waals surface area contributed by atoms with E-state index in [4.69, 9.17) is 4.74 Å². The van der Waals surface area contributed by atoms with Crippen LogP contribution < -0.4 is 0 Å². The first-order chi connectivity index (χ1) is 8.22. The average molecular weight is 230 g/mol. The molecule has 0 spiro atoms. The standard InChI is InChI=1S/C15H18O2/c1-3-17-15(16)14-6-4-5-13(14)12-9-7-11(2)8-10-12/h6-10,13H,3-5H2,1-2H3. The highest BCUT2D eigenvalue weighted by atomic mass is 16.5. The summed E-state index contributed by atoms with van der Waals surface area (Å²) in [5.41, 5.74) is 3.29. The number of allylic oxidation sites excluding steroid dienone is 1. The second kappa shape index (κ2) is 5.17. The van der Waals surface area contributed by atoms with Gasteiger partial charge in [0.1, 0.15) is 0 Å². The minimum absolute atomic E-state index is 0.157. The lowest BCUT2D eigenvalue weighted by Crippen LogP contribution is -2.12. The van der Waals surface area contributed by atoms with Gasteiger partial charge in [-0.1, -0.05) is 35.9 Å². The Balaban J connectivity index is 2.19. The molecule has 0 radical (unpaired) electrons. The number of esters is 1. The molecule has 1 unspecified atom stereocenters. The van der Waals surface area contributed by atoms with Crippen molar-refractivity contribution in [3.63, 3.8) is 0 Å². The van der Waals surface area contributed by atoms with Crippen molar-refractivity contribution in [2.45, 2.75) is 32.6 Å². The van der Waals surface area contributed by atoms with Crippen LogP contribution in [0.3, 0.4) is 0 Å². The summed E-state index contributed by atoms with van der Waals surface area (Å²) in [5.74, 6) is 0.0604. The third-order valence-corrected chi connectivity index (χ3v) is 3.19. The van der Waals surface area contributed by atoms with Gasteiger partial charge in [0.15, 0.2) is 0 Å². The third-order valence-electron chi connectivity index (χ3n) is 3.19. The van der Waals surface area contributed by atoms with E-state index in [0.29, 0.717) is 6.61 Å². The molecule has 1 aliphatic carbocycles. The van der Waals surface area contributed by atoms with Crippen LogP contribution in [0, 0.1) is 6.92 Å². The average Bonchev–Trinajstić information content (AvgIpc) is 2.79. The van der Waals surface area contributed by atoms with Crippen molar-refractivity contribution >= 4 is 5.97 Å². The molecule has 17 heavy (non-hydrogen) atoms. The molecule has 0 amide bonds. The number of ether oxygens (including phenoxy) is 1. The first kappa shape index (κ1) is 11.9. The Morgan fingerprint density at radius 3 is 2.71 bits per heavy atom. The fraction of sp³-hybridized carbons (Fsp3) is 0.400. The monoisotopic (exact) mass is 230 g/mol. The maximum absolute atomic E-state index is 11.8. The number of aryl methyl sites for hydroxylation is 1. The Hall–Kier alpha value is -1.57. The van der Waals surface area contributed by atoms with E-state index in [1.54, 1.807) is 0 Å². The fourth-order valence-electron chi connectivity index (χ4n) is 2.29. The zero-order valence-electron chi connectivity index (χ0n) is 10.4. The highest BCUT2D eigenvalue weighted by Gasteiger charge is 2.26. The van der Waals surface area contributed by atoms with E-state index >= 15 is 0 Å². The molecule has 0 aliphatic heterocycles. The van der Waals surface area contributed by atoms with E-state index in [-0.39, 0.29) is 11.9 Å². The number of carbonyl (C=O) groups is 1. The zero-order valence-corrected chi connectivity index (χ0v) is 10.4. The number of benzene rings is 1. The molecule has 0 fully saturated rings. The lowest BCUT2D eigenvalue weighted by Gasteiger charge is -2.14. The van der Waals surface area contributed by atoms with Crippen LogP contribution in [0.1, 0.15) is 36.8 Å². The number of carbonyl (C=O) groups excluding carboxylic acids is 1. The van der Waals surface area contributed by atoms with Gasteiger partial charge >= 0.3 is 5.97 Å². The van der Waals surface area contributed by atoms with Gasteiger partial charge in [-0.3, -0.25) is 0 Å². The summed E-state index contributed by atoms with van der Waals surface area (Å²) in [6.45, 7) is 4.35. The second-order valence-electron chi connectivity index (χ2n) is 4.42. The summed E-state index contributed by atoms with van der Waals surface area (Å²) in [7, 11) is 0. The zero-order chi connectivity index (χ0) is 12.3. The van der Waals surface area contributed by atoms with Gasteiger partial charge in [-0.05, 0) is 32.3 Å². The van der Waals surface area contributed by atoms with Crippen LogP contribution in [0.5, 0.6) is 0 Å². The molecule has 2 nitrogen and oxygen atoms in total. The van der Waals surface area contributed by atoms with Crippen LogP contribution in [0.4, 0.5) is 0 Å². The molecule has 0 aromatic heterocycles. The summed E-state index contributed by atoms with van der Waals surface area (Å²) in [6, 6.07) is 8.41. The highest BCUT2D eigenvalue weighted by Crippen LogP contribution is 2.35. The Labute approximate surface area is 102 Å². The molecule has 2 rings (SSSR count). The van der Waals surface area contributed by atoms with Crippen molar-refractivity contribution in [1.29, 1.82) is 0 Å². The van der Waals surface area contributed by atoms with Crippen molar-refractivity contribution in [2.24, 2.45) is 0 Å². The molecule has 0 N–H and O–H groups in total. The van der Waals surface area contributed by atoms with Gasteiger partial charge in [0, 0.05) is 11.5 Å². The minimum Gasteiger partial charge on any atom is -0.463 e. The smallest absolute Gasteiger partial charge is 0.334 e. The molecular weight excluding hydrogens is 212 g/mol. The van der Waals surface area contributed by atoms with Crippen LogP contribution in [-0.4, -0.2) is 12.6 Å². The van der Waals surface area contributed by atoms with Crippen molar-refractivity contribution in [1.82, 2.24) is 0 Å². The quantitative estimate of drug-likeness (QED) is 0.744. The fourth-order valence-corrected chi connectivity index (χ4v) is 2.29. The lowest BCUT2D eigenvalue weighted by atomic mass is 9.92. The lowest BCUT2D eigenvalue weighted by molar-refractivity contribution is -0.138. The van der Waals surface area contributed by atoms with Gasteiger partial charge in [-0.25, -0.2) is 4.79 Å². The number of rotatable bonds is 3. The van der Waals surface area contributed by atoms with E-state index < -0.39 is 0 Å². The maximum Gasteiger partial charge on any atom is 0.334 e.